The van der Waals surface area contributed by atoms with Gasteiger partial charge in [-0.3, -0.25) is 9.59 Å². The lowest BCUT2D eigenvalue weighted by atomic mass is 9.55. The van der Waals surface area contributed by atoms with Gasteiger partial charge >= 0.3 is 5.97 Å². The number of hydrogen-bond donors (Lipinski definition) is 1. The van der Waals surface area contributed by atoms with Gasteiger partial charge in [0.05, 0.1) is 5.92 Å². The minimum absolute atomic E-state index is 0.0344. The molecule has 0 radical (unpaired) electrons. The Morgan fingerprint density at radius 3 is 2.79 bits per heavy atom. The Balaban J connectivity index is 2.05. The largest absolute Gasteiger partial charge is 0.461 e. The summed E-state index contributed by atoms with van der Waals surface area (Å²) in [5.74, 6) is -0.246. The maximum absolute atomic E-state index is 11.9. The molecule has 4 heteroatoms. The molecular weight excluding hydrogens is 244 g/mol. The number of aliphatic hydroxyl groups is 1. The zero-order valence-corrected chi connectivity index (χ0v) is 11.6. The van der Waals surface area contributed by atoms with E-state index in [1.807, 2.05) is 20.8 Å². The Kier molecular flexibility index (Phi) is 2.65. The van der Waals surface area contributed by atoms with E-state index in [-0.39, 0.29) is 35.6 Å². The molecule has 0 amide bonds. The topological polar surface area (TPSA) is 63.6 Å². The van der Waals surface area contributed by atoms with Gasteiger partial charge in [-0.2, -0.15) is 0 Å². The average Bonchev–Trinajstić information content (AvgIpc) is 2.62. The highest BCUT2D eigenvalue weighted by Gasteiger charge is 2.59. The smallest absolute Gasteiger partial charge is 0.309 e. The Hall–Kier alpha value is -1.16. The fraction of sp³-hybridized carbons (Fsp3) is 0.733. The zero-order valence-electron chi connectivity index (χ0n) is 11.6. The second-order valence-corrected chi connectivity index (χ2v) is 6.57. The highest BCUT2D eigenvalue weighted by Crippen LogP contribution is 2.55. The third-order valence-electron chi connectivity index (χ3n) is 5.50. The normalized spacial score (nSPS) is 49.3. The van der Waals surface area contributed by atoms with Crippen molar-refractivity contribution in [3.05, 3.63) is 11.6 Å². The summed E-state index contributed by atoms with van der Waals surface area (Å²) in [6.07, 6.45) is 1.97. The van der Waals surface area contributed by atoms with E-state index in [1.165, 1.54) is 6.08 Å². The number of fused-ring (bicyclic) bond motifs is 3. The first-order valence-corrected chi connectivity index (χ1v) is 6.97. The second kappa shape index (κ2) is 3.92. The lowest BCUT2D eigenvalue weighted by Crippen LogP contribution is -2.55. The van der Waals surface area contributed by atoms with Crippen molar-refractivity contribution >= 4 is 11.8 Å². The standard InChI is InChI=1S/C15H20O4/c1-7-6-10(16)13(17)15(3)5-4-9-8(2)14(18)19-12(9)11(7)15/h6,8-9,11-13,17H,4-5H2,1-3H3/t8-,9-,11-,12-,13+,15+/m0/s1. The SMILES string of the molecule is CC1=CC(=O)[C@@H](O)[C@]2(C)CC[C@@H]3[C@H](OC(=O)[C@H]3C)[C@H]12. The molecule has 3 aliphatic rings. The molecule has 1 N–H and O–H groups in total. The molecule has 19 heavy (non-hydrogen) atoms. The van der Waals surface area contributed by atoms with Crippen LogP contribution < -0.4 is 0 Å². The van der Waals surface area contributed by atoms with Crippen LogP contribution in [0.15, 0.2) is 11.6 Å². The zero-order chi connectivity index (χ0) is 13.9. The summed E-state index contributed by atoms with van der Waals surface area (Å²) in [4.78, 5) is 23.7. The lowest BCUT2D eigenvalue weighted by molar-refractivity contribution is -0.154. The number of ketones is 1. The Morgan fingerprint density at radius 1 is 1.42 bits per heavy atom. The van der Waals surface area contributed by atoms with Crippen LogP contribution in [-0.4, -0.2) is 29.1 Å². The number of ether oxygens (including phenoxy) is 1. The van der Waals surface area contributed by atoms with Crippen LogP contribution in [0.3, 0.4) is 0 Å². The average molecular weight is 264 g/mol. The Labute approximate surface area is 112 Å². The summed E-state index contributed by atoms with van der Waals surface area (Å²) < 4.78 is 5.56. The predicted molar refractivity (Wildman–Crippen MR) is 68.1 cm³/mol. The molecular formula is C15H20O4. The van der Waals surface area contributed by atoms with Crippen molar-refractivity contribution in [1.82, 2.24) is 0 Å². The van der Waals surface area contributed by atoms with Crippen LogP contribution in [0, 0.1) is 23.2 Å². The summed E-state index contributed by atoms with van der Waals surface area (Å²) in [6, 6.07) is 0. The number of rotatable bonds is 0. The van der Waals surface area contributed by atoms with Crippen LogP contribution >= 0.6 is 0 Å². The van der Waals surface area contributed by atoms with Gasteiger partial charge in [0.25, 0.3) is 0 Å². The van der Waals surface area contributed by atoms with E-state index in [0.29, 0.717) is 0 Å². The summed E-state index contributed by atoms with van der Waals surface area (Å²) >= 11 is 0. The van der Waals surface area contributed by atoms with Crippen LogP contribution in [0.4, 0.5) is 0 Å². The molecule has 104 valence electrons. The molecule has 1 heterocycles. The maximum Gasteiger partial charge on any atom is 0.309 e. The molecule has 1 saturated carbocycles. The van der Waals surface area contributed by atoms with E-state index in [0.717, 1.165) is 18.4 Å². The molecule has 3 rings (SSSR count). The van der Waals surface area contributed by atoms with Gasteiger partial charge in [0.15, 0.2) is 5.78 Å². The molecule has 0 unspecified atom stereocenters. The molecule has 0 aromatic heterocycles. The van der Waals surface area contributed by atoms with E-state index in [2.05, 4.69) is 0 Å². The van der Waals surface area contributed by atoms with E-state index in [9.17, 15) is 14.7 Å². The number of hydrogen-bond acceptors (Lipinski definition) is 4. The number of aliphatic hydroxyl groups excluding tert-OH is 1. The van der Waals surface area contributed by atoms with Gasteiger partial charge in [0.2, 0.25) is 0 Å². The number of carbonyl (C=O) groups excluding carboxylic acids is 2. The van der Waals surface area contributed by atoms with E-state index < -0.39 is 11.5 Å². The van der Waals surface area contributed by atoms with Crippen molar-refractivity contribution in [3.8, 4) is 0 Å². The van der Waals surface area contributed by atoms with Crippen molar-refractivity contribution in [1.29, 1.82) is 0 Å². The van der Waals surface area contributed by atoms with E-state index in [4.69, 9.17) is 4.74 Å². The molecule has 2 aliphatic carbocycles. The third-order valence-corrected chi connectivity index (χ3v) is 5.50. The number of carbonyl (C=O) groups is 2. The highest BCUT2D eigenvalue weighted by atomic mass is 16.6. The van der Waals surface area contributed by atoms with Crippen LogP contribution in [0.2, 0.25) is 0 Å². The minimum Gasteiger partial charge on any atom is -0.461 e. The molecule has 0 spiro atoms. The molecule has 0 aromatic carbocycles. The van der Waals surface area contributed by atoms with Crippen LogP contribution in [-0.2, 0) is 14.3 Å². The first-order chi connectivity index (χ1) is 8.86. The van der Waals surface area contributed by atoms with E-state index >= 15 is 0 Å². The maximum atomic E-state index is 11.9. The van der Waals surface area contributed by atoms with Crippen molar-refractivity contribution in [2.24, 2.45) is 23.2 Å². The van der Waals surface area contributed by atoms with Crippen LogP contribution in [0.1, 0.15) is 33.6 Å². The summed E-state index contributed by atoms with van der Waals surface area (Å²) in [5, 5.41) is 10.3. The monoisotopic (exact) mass is 264 g/mol. The van der Waals surface area contributed by atoms with Gasteiger partial charge in [-0.05, 0) is 25.8 Å². The highest BCUT2D eigenvalue weighted by molar-refractivity contribution is 5.96. The van der Waals surface area contributed by atoms with Gasteiger partial charge in [-0.15, -0.1) is 0 Å². The summed E-state index contributed by atoms with van der Waals surface area (Å²) in [7, 11) is 0. The van der Waals surface area contributed by atoms with Gasteiger partial charge < -0.3 is 9.84 Å². The molecule has 2 fully saturated rings. The fourth-order valence-corrected chi connectivity index (χ4v) is 4.33. The quantitative estimate of drug-likeness (QED) is 0.673. The predicted octanol–water partition coefficient (Wildman–Crippen LogP) is 1.47. The van der Waals surface area contributed by atoms with Gasteiger partial charge in [-0.1, -0.05) is 19.4 Å². The van der Waals surface area contributed by atoms with Crippen molar-refractivity contribution in [3.63, 3.8) is 0 Å². The fourth-order valence-electron chi connectivity index (χ4n) is 4.33. The first-order valence-electron chi connectivity index (χ1n) is 6.97. The van der Waals surface area contributed by atoms with Crippen LogP contribution in [0.25, 0.3) is 0 Å². The van der Waals surface area contributed by atoms with Crippen molar-refractivity contribution in [2.45, 2.75) is 45.8 Å². The Bertz CT molecular complexity index is 481. The van der Waals surface area contributed by atoms with Gasteiger partial charge in [0.1, 0.15) is 12.2 Å². The van der Waals surface area contributed by atoms with Gasteiger partial charge in [-0.25, -0.2) is 0 Å². The molecule has 1 saturated heterocycles. The van der Waals surface area contributed by atoms with Crippen LogP contribution in [0.5, 0.6) is 0 Å². The molecule has 4 nitrogen and oxygen atoms in total. The second-order valence-electron chi connectivity index (χ2n) is 6.57. The van der Waals surface area contributed by atoms with E-state index in [1.54, 1.807) is 0 Å². The molecule has 6 atom stereocenters. The third kappa shape index (κ3) is 1.55. The molecule has 0 bridgehead atoms. The number of esters is 1. The van der Waals surface area contributed by atoms with Gasteiger partial charge in [0, 0.05) is 17.3 Å². The summed E-state index contributed by atoms with van der Waals surface area (Å²) in [5.41, 5.74) is 0.441. The lowest BCUT2D eigenvalue weighted by Gasteiger charge is -2.50. The first kappa shape index (κ1) is 12.9. The van der Waals surface area contributed by atoms with Crippen molar-refractivity contribution in [2.75, 3.05) is 0 Å². The molecule has 0 aromatic rings. The summed E-state index contributed by atoms with van der Waals surface area (Å²) in [6.45, 7) is 5.77. The Morgan fingerprint density at radius 2 is 2.11 bits per heavy atom. The van der Waals surface area contributed by atoms with Crippen molar-refractivity contribution < 1.29 is 19.4 Å². The molecule has 1 aliphatic heterocycles. The minimum atomic E-state index is -0.975.